The minimum Gasteiger partial charge on any atom is -0.496 e. The Hall–Kier alpha value is -2.86. The number of fused-ring (bicyclic) bond motifs is 1. The van der Waals surface area contributed by atoms with Crippen molar-refractivity contribution in [1.82, 2.24) is 14.8 Å². The number of halogens is 1. The molecule has 6 nitrogen and oxygen atoms in total. The topological polar surface area (TPSA) is 60.2 Å². The zero-order valence-electron chi connectivity index (χ0n) is 17.2. The second-order valence-electron chi connectivity index (χ2n) is 7.43. The monoisotopic (exact) mass is 424 g/mol. The van der Waals surface area contributed by atoms with Gasteiger partial charge in [0, 0.05) is 17.0 Å². The Morgan fingerprint density at radius 3 is 2.67 bits per heavy atom. The molecular weight excluding hydrogens is 400 g/mol. The van der Waals surface area contributed by atoms with Crippen molar-refractivity contribution in [2.24, 2.45) is 0 Å². The molecule has 1 aromatic heterocycles. The Labute approximate surface area is 181 Å². The van der Waals surface area contributed by atoms with Crippen LogP contribution in [0, 0.1) is 0 Å². The number of para-hydroxylation sites is 1. The van der Waals surface area contributed by atoms with E-state index in [0.29, 0.717) is 23.8 Å². The summed E-state index contributed by atoms with van der Waals surface area (Å²) in [5.74, 6) is 1.42. The van der Waals surface area contributed by atoms with Crippen molar-refractivity contribution in [2.45, 2.75) is 44.7 Å². The highest BCUT2D eigenvalue weighted by Crippen LogP contribution is 2.44. The molecule has 0 saturated heterocycles. The Kier molecular flexibility index (Phi) is 6.04. The van der Waals surface area contributed by atoms with Crippen LogP contribution in [-0.4, -0.2) is 27.8 Å². The summed E-state index contributed by atoms with van der Waals surface area (Å²) in [6.45, 7) is 2.08. The number of nitrogens with zero attached hydrogens (tertiary/aromatic N) is 4. The van der Waals surface area contributed by atoms with E-state index >= 15 is 0 Å². The van der Waals surface area contributed by atoms with Gasteiger partial charge in [0.2, 0.25) is 11.9 Å². The van der Waals surface area contributed by atoms with E-state index in [0.717, 1.165) is 29.7 Å². The summed E-state index contributed by atoms with van der Waals surface area (Å²) in [6.07, 6.45) is 4.46. The summed E-state index contributed by atoms with van der Waals surface area (Å²) in [4.78, 5) is 19.5. The maximum absolute atomic E-state index is 13.2. The van der Waals surface area contributed by atoms with E-state index in [1.54, 1.807) is 12.0 Å². The summed E-state index contributed by atoms with van der Waals surface area (Å²) in [6, 6.07) is 15.4. The molecule has 2 atom stereocenters. The fraction of sp³-hybridized carbons (Fsp3) is 0.348. The van der Waals surface area contributed by atoms with Gasteiger partial charge in [-0.3, -0.25) is 9.69 Å². The number of anilines is 1. The van der Waals surface area contributed by atoms with Gasteiger partial charge < -0.3 is 4.74 Å². The quantitative estimate of drug-likeness (QED) is 0.545. The van der Waals surface area contributed by atoms with Crippen molar-refractivity contribution >= 4 is 23.5 Å². The van der Waals surface area contributed by atoms with Gasteiger partial charge in [-0.05, 0) is 36.6 Å². The third-order valence-electron chi connectivity index (χ3n) is 5.59. The van der Waals surface area contributed by atoms with Gasteiger partial charge in [0.1, 0.15) is 12.1 Å². The first kappa shape index (κ1) is 20.4. The highest BCUT2D eigenvalue weighted by atomic mass is 35.5. The molecule has 0 unspecified atom stereocenters. The fourth-order valence-electron chi connectivity index (χ4n) is 4.10. The molecule has 7 heteroatoms. The molecular formula is C23H25ClN4O2. The first-order valence-electron chi connectivity index (χ1n) is 10.2. The molecule has 0 aliphatic carbocycles. The molecule has 0 radical (unpaired) electrons. The number of unbranched alkanes of at least 4 members (excludes halogenated alkanes) is 1. The molecule has 0 bridgehead atoms. The predicted molar refractivity (Wildman–Crippen MR) is 117 cm³/mol. The van der Waals surface area contributed by atoms with Crippen LogP contribution in [0.5, 0.6) is 5.75 Å². The van der Waals surface area contributed by atoms with E-state index in [1.807, 2.05) is 53.2 Å². The molecule has 4 rings (SSSR count). The molecule has 1 amide bonds. The number of carbonyl (C=O) groups excluding carboxylic acids is 1. The van der Waals surface area contributed by atoms with Gasteiger partial charge in [0.15, 0.2) is 0 Å². The number of hydrogen-bond acceptors (Lipinski definition) is 4. The van der Waals surface area contributed by atoms with Gasteiger partial charge in [-0.25, -0.2) is 4.68 Å². The fourth-order valence-corrected chi connectivity index (χ4v) is 4.22. The van der Waals surface area contributed by atoms with Crippen molar-refractivity contribution < 1.29 is 9.53 Å². The second kappa shape index (κ2) is 8.88. The molecule has 2 aromatic carbocycles. The average molecular weight is 425 g/mol. The second-order valence-corrected chi connectivity index (χ2v) is 7.87. The maximum Gasteiger partial charge on any atom is 0.231 e. The van der Waals surface area contributed by atoms with E-state index in [1.165, 1.54) is 6.33 Å². The van der Waals surface area contributed by atoms with Crippen molar-refractivity contribution in [3.63, 3.8) is 0 Å². The van der Waals surface area contributed by atoms with Crippen LogP contribution < -0.4 is 9.64 Å². The summed E-state index contributed by atoms with van der Waals surface area (Å²) < 4.78 is 7.46. The predicted octanol–water partition coefficient (Wildman–Crippen LogP) is 5.20. The molecule has 3 aromatic rings. The normalized spacial score (nSPS) is 18.2. The number of carbonyl (C=O) groups is 1. The number of rotatable bonds is 6. The number of benzene rings is 2. The molecule has 156 valence electrons. The first-order valence-corrected chi connectivity index (χ1v) is 10.6. The minimum absolute atomic E-state index is 0.0597. The smallest absolute Gasteiger partial charge is 0.231 e. The van der Waals surface area contributed by atoms with Crippen LogP contribution in [0.4, 0.5) is 5.95 Å². The van der Waals surface area contributed by atoms with Crippen LogP contribution in [0.25, 0.3) is 0 Å². The Morgan fingerprint density at radius 2 is 1.93 bits per heavy atom. The summed E-state index contributed by atoms with van der Waals surface area (Å²) in [5, 5.41) is 5.15. The standard InChI is InChI=1S/C23H25ClN4O2/c1-3-4-9-22(29)27-19(16-10-12-17(24)13-11-16)14-20(28-23(27)25-15-26-28)18-7-5-6-8-21(18)30-2/h5-8,10-13,15,19-20H,3-4,9,14H2,1-2H3/t19-,20+/m1/s1. The molecule has 30 heavy (non-hydrogen) atoms. The summed E-state index contributed by atoms with van der Waals surface area (Å²) in [7, 11) is 1.67. The van der Waals surface area contributed by atoms with Gasteiger partial charge in [0.05, 0.1) is 19.2 Å². The molecule has 0 spiro atoms. The van der Waals surface area contributed by atoms with Crippen LogP contribution in [0.15, 0.2) is 54.9 Å². The zero-order valence-corrected chi connectivity index (χ0v) is 17.9. The summed E-state index contributed by atoms with van der Waals surface area (Å²) in [5.41, 5.74) is 2.05. The number of hydrogen-bond donors (Lipinski definition) is 0. The molecule has 2 heterocycles. The maximum atomic E-state index is 13.2. The van der Waals surface area contributed by atoms with Crippen LogP contribution in [0.1, 0.15) is 55.8 Å². The van der Waals surface area contributed by atoms with Crippen LogP contribution in [0.2, 0.25) is 5.02 Å². The molecule has 1 aliphatic rings. The number of amides is 1. The van der Waals surface area contributed by atoms with Crippen molar-refractivity contribution in [1.29, 1.82) is 0 Å². The van der Waals surface area contributed by atoms with E-state index in [4.69, 9.17) is 16.3 Å². The third kappa shape index (κ3) is 3.79. The number of ether oxygens (including phenoxy) is 1. The SMILES string of the molecule is CCCCC(=O)N1c2ncnn2[C@H](c2ccccc2OC)C[C@@H]1c1ccc(Cl)cc1. The number of methoxy groups -OCH3 is 1. The van der Waals surface area contributed by atoms with Gasteiger partial charge in [-0.1, -0.05) is 55.3 Å². The highest BCUT2D eigenvalue weighted by molar-refractivity contribution is 6.30. The Morgan fingerprint density at radius 1 is 1.17 bits per heavy atom. The largest absolute Gasteiger partial charge is 0.496 e. The summed E-state index contributed by atoms with van der Waals surface area (Å²) >= 11 is 6.12. The highest BCUT2D eigenvalue weighted by Gasteiger charge is 2.39. The lowest BCUT2D eigenvalue weighted by Crippen LogP contribution is -2.42. The van der Waals surface area contributed by atoms with E-state index < -0.39 is 0 Å². The number of aromatic nitrogens is 3. The Balaban J connectivity index is 1.82. The van der Waals surface area contributed by atoms with Gasteiger partial charge in [0.25, 0.3) is 0 Å². The third-order valence-corrected chi connectivity index (χ3v) is 5.84. The Bertz CT molecular complexity index is 1020. The molecule has 0 fully saturated rings. The average Bonchev–Trinajstić information content (AvgIpc) is 3.26. The van der Waals surface area contributed by atoms with Crippen molar-refractivity contribution in [3.8, 4) is 5.75 Å². The zero-order chi connectivity index (χ0) is 21.1. The lowest BCUT2D eigenvalue weighted by molar-refractivity contribution is -0.119. The van der Waals surface area contributed by atoms with Gasteiger partial charge in [-0.2, -0.15) is 10.1 Å². The van der Waals surface area contributed by atoms with Crippen LogP contribution in [-0.2, 0) is 4.79 Å². The van der Waals surface area contributed by atoms with Crippen LogP contribution in [0.3, 0.4) is 0 Å². The van der Waals surface area contributed by atoms with Gasteiger partial charge in [-0.15, -0.1) is 0 Å². The first-order chi connectivity index (χ1) is 14.6. The van der Waals surface area contributed by atoms with E-state index in [9.17, 15) is 4.79 Å². The molecule has 0 N–H and O–H groups in total. The van der Waals surface area contributed by atoms with E-state index in [-0.39, 0.29) is 18.0 Å². The molecule has 0 saturated carbocycles. The molecule has 1 aliphatic heterocycles. The van der Waals surface area contributed by atoms with Crippen molar-refractivity contribution in [2.75, 3.05) is 12.0 Å². The lowest BCUT2D eigenvalue weighted by Gasteiger charge is -2.39. The minimum atomic E-state index is -0.168. The lowest BCUT2D eigenvalue weighted by atomic mass is 9.91. The van der Waals surface area contributed by atoms with Crippen LogP contribution >= 0.6 is 11.6 Å². The van der Waals surface area contributed by atoms with E-state index in [2.05, 4.69) is 17.0 Å². The van der Waals surface area contributed by atoms with Gasteiger partial charge >= 0.3 is 0 Å². The van der Waals surface area contributed by atoms with Crippen molar-refractivity contribution in [3.05, 3.63) is 71.0 Å².